The molecule has 0 spiro atoms. The lowest BCUT2D eigenvalue weighted by Gasteiger charge is -2.22. The van der Waals surface area contributed by atoms with Gasteiger partial charge >= 0.3 is 0 Å². The highest BCUT2D eigenvalue weighted by atomic mass is 35.5. The van der Waals surface area contributed by atoms with Crippen molar-refractivity contribution >= 4 is 29.2 Å². The predicted molar refractivity (Wildman–Crippen MR) is 104 cm³/mol. The lowest BCUT2D eigenvalue weighted by molar-refractivity contribution is 0.402. The quantitative estimate of drug-likeness (QED) is 0.704. The first-order valence-electron chi connectivity index (χ1n) is 8.43. The summed E-state index contributed by atoms with van der Waals surface area (Å²) in [6, 6.07) is 9.78. The minimum atomic E-state index is 0.712. The lowest BCUT2D eigenvalue weighted by Crippen LogP contribution is -2.18. The molecular weight excluding hydrogens is 336 g/mol. The molecule has 3 rings (SSSR count). The molecule has 0 aromatic heterocycles. The normalized spacial score (nSPS) is 14.3. The van der Waals surface area contributed by atoms with E-state index < -0.39 is 0 Å². The third-order valence-electron chi connectivity index (χ3n) is 4.49. The van der Waals surface area contributed by atoms with Crippen LogP contribution in [0, 0.1) is 6.92 Å². The molecule has 0 unspecified atom stereocenters. The Morgan fingerprint density at radius 1 is 1.04 bits per heavy atom. The van der Waals surface area contributed by atoms with E-state index in [4.69, 9.17) is 21.1 Å². The Bertz CT molecular complexity index is 784. The van der Waals surface area contributed by atoms with E-state index in [0.717, 1.165) is 47.1 Å². The smallest absolute Gasteiger partial charge is 0.143 e. The van der Waals surface area contributed by atoms with Crippen LogP contribution in [0.4, 0.5) is 11.4 Å². The molecule has 0 N–H and O–H groups in total. The molecule has 1 fully saturated rings. The second kappa shape index (κ2) is 7.79. The van der Waals surface area contributed by atoms with Crippen molar-refractivity contribution in [2.45, 2.75) is 19.8 Å². The summed E-state index contributed by atoms with van der Waals surface area (Å²) in [7, 11) is 3.37. The number of benzene rings is 2. The molecule has 2 aromatic rings. The van der Waals surface area contributed by atoms with Crippen molar-refractivity contribution in [2.24, 2.45) is 4.99 Å². The Balaban J connectivity index is 1.94. The first-order chi connectivity index (χ1) is 12.1. The van der Waals surface area contributed by atoms with Crippen LogP contribution in [0.15, 0.2) is 35.3 Å². The topological polar surface area (TPSA) is 34.1 Å². The summed E-state index contributed by atoms with van der Waals surface area (Å²) >= 11 is 6.17. The molecule has 0 atom stereocenters. The van der Waals surface area contributed by atoms with Gasteiger partial charge < -0.3 is 14.4 Å². The number of hydrogen-bond acceptors (Lipinski definition) is 4. The fraction of sp³-hybridized carbons (Fsp3) is 0.350. The Kier molecular flexibility index (Phi) is 5.49. The Labute approximate surface area is 154 Å². The van der Waals surface area contributed by atoms with Gasteiger partial charge in [-0.1, -0.05) is 17.7 Å². The highest BCUT2D eigenvalue weighted by Crippen LogP contribution is 2.36. The van der Waals surface area contributed by atoms with E-state index in [1.165, 1.54) is 12.8 Å². The highest BCUT2D eigenvalue weighted by Gasteiger charge is 2.19. The summed E-state index contributed by atoms with van der Waals surface area (Å²) in [5.74, 6) is 1.62. The Morgan fingerprint density at radius 3 is 2.40 bits per heavy atom. The zero-order valence-corrected chi connectivity index (χ0v) is 15.6. The molecule has 0 radical (unpaired) electrons. The molecule has 4 nitrogen and oxygen atoms in total. The van der Waals surface area contributed by atoms with E-state index in [-0.39, 0.29) is 0 Å². The number of rotatable bonds is 5. The standard InChI is InChI=1S/C20H23ClN2O2/c1-14-6-7-16(11-17(14)21)22-13-15-10-20(25-3)18(12-19(15)24-2)23-8-4-5-9-23/h6-7,10-13H,4-5,8-9H2,1-3H3. The van der Waals surface area contributed by atoms with Crippen LogP contribution >= 0.6 is 11.6 Å². The zero-order valence-electron chi connectivity index (χ0n) is 14.9. The fourth-order valence-corrected chi connectivity index (χ4v) is 3.19. The molecule has 1 heterocycles. The van der Waals surface area contributed by atoms with Gasteiger partial charge in [0.15, 0.2) is 0 Å². The average Bonchev–Trinajstić information content (AvgIpc) is 3.16. The minimum Gasteiger partial charge on any atom is -0.496 e. The summed E-state index contributed by atoms with van der Waals surface area (Å²) in [5, 5.41) is 0.712. The third-order valence-corrected chi connectivity index (χ3v) is 4.89. The molecule has 25 heavy (non-hydrogen) atoms. The van der Waals surface area contributed by atoms with Gasteiger partial charge in [-0.3, -0.25) is 4.99 Å². The lowest BCUT2D eigenvalue weighted by atomic mass is 10.1. The van der Waals surface area contributed by atoms with Crippen molar-refractivity contribution in [3.63, 3.8) is 0 Å². The second-order valence-corrected chi connectivity index (χ2v) is 6.56. The van der Waals surface area contributed by atoms with Crippen LogP contribution in [-0.4, -0.2) is 33.5 Å². The minimum absolute atomic E-state index is 0.712. The van der Waals surface area contributed by atoms with E-state index >= 15 is 0 Å². The predicted octanol–water partition coefficient (Wildman–Crippen LogP) is 5.02. The number of ether oxygens (including phenoxy) is 2. The maximum atomic E-state index is 6.17. The van der Waals surface area contributed by atoms with Crippen LogP contribution in [0.5, 0.6) is 11.5 Å². The number of hydrogen-bond donors (Lipinski definition) is 0. The van der Waals surface area contributed by atoms with Crippen LogP contribution in [0.2, 0.25) is 5.02 Å². The number of aliphatic imine (C=N–C) groups is 1. The van der Waals surface area contributed by atoms with E-state index in [1.807, 2.05) is 37.3 Å². The van der Waals surface area contributed by atoms with Crippen LogP contribution in [0.25, 0.3) is 0 Å². The van der Waals surface area contributed by atoms with Crippen LogP contribution < -0.4 is 14.4 Å². The number of anilines is 1. The summed E-state index contributed by atoms with van der Waals surface area (Å²) in [5.41, 5.74) is 3.79. The van der Waals surface area contributed by atoms with Gasteiger partial charge in [-0.25, -0.2) is 0 Å². The largest absolute Gasteiger partial charge is 0.496 e. The van der Waals surface area contributed by atoms with Gasteiger partial charge in [0.1, 0.15) is 11.5 Å². The third kappa shape index (κ3) is 3.90. The van der Waals surface area contributed by atoms with Gasteiger partial charge in [0, 0.05) is 36.0 Å². The maximum absolute atomic E-state index is 6.17. The number of halogens is 1. The van der Waals surface area contributed by atoms with E-state index in [9.17, 15) is 0 Å². The van der Waals surface area contributed by atoms with Crippen LogP contribution in [-0.2, 0) is 0 Å². The molecule has 0 aliphatic carbocycles. The SMILES string of the molecule is COc1cc(N2CCCC2)c(OC)cc1C=Nc1ccc(C)c(Cl)c1. The number of nitrogens with zero attached hydrogens (tertiary/aromatic N) is 2. The van der Waals surface area contributed by atoms with Gasteiger partial charge in [-0.15, -0.1) is 0 Å². The molecule has 0 amide bonds. The summed E-state index contributed by atoms with van der Waals surface area (Å²) in [6.07, 6.45) is 4.21. The second-order valence-electron chi connectivity index (χ2n) is 6.15. The van der Waals surface area contributed by atoms with Crippen LogP contribution in [0.3, 0.4) is 0 Å². The molecule has 2 aromatic carbocycles. The van der Waals surface area contributed by atoms with E-state index in [0.29, 0.717) is 5.02 Å². The van der Waals surface area contributed by atoms with Gasteiger partial charge in [-0.2, -0.15) is 0 Å². The number of methoxy groups -OCH3 is 2. The van der Waals surface area contributed by atoms with Gasteiger partial charge in [-0.05, 0) is 43.5 Å². The first kappa shape index (κ1) is 17.6. The van der Waals surface area contributed by atoms with Crippen molar-refractivity contribution in [3.05, 3.63) is 46.5 Å². The molecule has 5 heteroatoms. The molecule has 1 saturated heterocycles. The number of aryl methyl sites for hydroxylation is 1. The van der Waals surface area contributed by atoms with Crippen molar-refractivity contribution in [1.29, 1.82) is 0 Å². The van der Waals surface area contributed by atoms with Crippen molar-refractivity contribution in [1.82, 2.24) is 0 Å². The average molecular weight is 359 g/mol. The summed E-state index contributed by atoms with van der Waals surface area (Å²) < 4.78 is 11.2. The molecule has 1 aliphatic rings. The molecule has 132 valence electrons. The molecular formula is C20H23ClN2O2. The van der Waals surface area contributed by atoms with Crippen molar-refractivity contribution in [3.8, 4) is 11.5 Å². The molecule has 1 aliphatic heterocycles. The molecule has 0 bridgehead atoms. The van der Waals surface area contributed by atoms with Gasteiger partial charge in [0.25, 0.3) is 0 Å². The van der Waals surface area contributed by atoms with E-state index in [2.05, 4.69) is 9.89 Å². The van der Waals surface area contributed by atoms with Gasteiger partial charge in [0.05, 0.1) is 25.6 Å². The van der Waals surface area contributed by atoms with Crippen LogP contribution in [0.1, 0.15) is 24.0 Å². The fourth-order valence-electron chi connectivity index (χ4n) is 3.02. The van der Waals surface area contributed by atoms with E-state index in [1.54, 1.807) is 20.4 Å². The Morgan fingerprint density at radius 2 is 1.76 bits per heavy atom. The van der Waals surface area contributed by atoms with Crippen molar-refractivity contribution < 1.29 is 9.47 Å². The first-order valence-corrected chi connectivity index (χ1v) is 8.81. The Hall–Kier alpha value is -2.20. The monoisotopic (exact) mass is 358 g/mol. The maximum Gasteiger partial charge on any atom is 0.143 e. The van der Waals surface area contributed by atoms with Gasteiger partial charge in [0.2, 0.25) is 0 Å². The highest BCUT2D eigenvalue weighted by molar-refractivity contribution is 6.31. The zero-order chi connectivity index (χ0) is 17.8. The molecule has 0 saturated carbocycles. The summed E-state index contributed by atoms with van der Waals surface area (Å²) in [6.45, 7) is 4.07. The van der Waals surface area contributed by atoms with Crippen molar-refractivity contribution in [2.75, 3.05) is 32.2 Å². The summed E-state index contributed by atoms with van der Waals surface area (Å²) in [4.78, 5) is 6.87.